The van der Waals surface area contributed by atoms with Crippen molar-refractivity contribution in [1.29, 1.82) is 0 Å². The number of nitrogens with two attached hydrogens (primary N) is 2. The number of hydrogen-bond donors (Lipinski definition) is 3. The summed E-state index contributed by atoms with van der Waals surface area (Å²) in [4.78, 5) is 66.3. The summed E-state index contributed by atoms with van der Waals surface area (Å²) in [6.45, 7) is 2.98. The fourth-order valence-electron chi connectivity index (χ4n) is 6.56. The van der Waals surface area contributed by atoms with Crippen LogP contribution in [0.5, 0.6) is 0 Å². The second-order valence-electron chi connectivity index (χ2n) is 10.9. The molecule has 2 amide bonds. The van der Waals surface area contributed by atoms with E-state index in [1.807, 2.05) is 6.08 Å². The molecule has 0 saturated carbocycles. The van der Waals surface area contributed by atoms with Gasteiger partial charge in [-0.2, -0.15) is 0 Å². The Balaban J connectivity index is 1.40. The number of hydrogen-bond acceptors (Lipinski definition) is 10. The third-order valence-corrected chi connectivity index (χ3v) is 8.86. The van der Waals surface area contributed by atoms with Crippen LogP contribution in [0, 0.1) is 11.3 Å². The predicted molar refractivity (Wildman–Crippen MR) is 132 cm³/mol. The number of carboxylic acids is 1. The van der Waals surface area contributed by atoms with Gasteiger partial charge in [0.05, 0.1) is 28.8 Å². The second kappa shape index (κ2) is 9.11. The average molecular weight is 545 g/mol. The number of carbonyl (C=O) groups is 5. The summed E-state index contributed by atoms with van der Waals surface area (Å²) < 4.78 is 16.9. The minimum Gasteiger partial charge on any atom is -0.481 e. The van der Waals surface area contributed by atoms with Gasteiger partial charge in [0.2, 0.25) is 11.6 Å². The molecule has 2 aliphatic carbocycles. The van der Waals surface area contributed by atoms with Crippen LogP contribution in [0.2, 0.25) is 0 Å². The SMILES string of the molecule is CO[C@]12C3C(CN1C1=C(C(=O)C(N)=C(C)C1=O)[C@H]2COC(N)=O)N3C(=O)O[C@H]1/C=C/CC[C@@](C)(C(=O)O)CC1. The summed E-state index contributed by atoms with van der Waals surface area (Å²) >= 11 is 0. The molecule has 5 N–H and O–H groups in total. The summed E-state index contributed by atoms with van der Waals surface area (Å²) in [5.74, 6) is -2.82. The number of allylic oxidation sites excluding steroid dienone is 3. The molecule has 0 aromatic carbocycles. The average Bonchev–Trinajstić information content (AvgIpc) is 3.39. The van der Waals surface area contributed by atoms with E-state index in [1.54, 1.807) is 17.9 Å². The first-order chi connectivity index (χ1) is 18.4. The van der Waals surface area contributed by atoms with Crippen molar-refractivity contribution < 1.29 is 43.3 Å². The van der Waals surface area contributed by atoms with Crippen molar-refractivity contribution in [3.8, 4) is 0 Å². The van der Waals surface area contributed by atoms with Gasteiger partial charge in [-0.3, -0.25) is 19.3 Å². The minimum atomic E-state index is -1.39. The van der Waals surface area contributed by atoms with Gasteiger partial charge < -0.3 is 35.7 Å². The molecule has 2 fully saturated rings. The lowest BCUT2D eigenvalue weighted by Crippen LogP contribution is -2.56. The van der Waals surface area contributed by atoms with Gasteiger partial charge in [0, 0.05) is 24.8 Å². The van der Waals surface area contributed by atoms with E-state index in [4.69, 9.17) is 25.7 Å². The fraction of sp³-hybridized carbons (Fsp3) is 0.577. The summed E-state index contributed by atoms with van der Waals surface area (Å²) in [6.07, 6.45) is 3.00. The van der Waals surface area contributed by atoms with E-state index >= 15 is 0 Å². The van der Waals surface area contributed by atoms with Crippen molar-refractivity contribution in [2.24, 2.45) is 22.8 Å². The van der Waals surface area contributed by atoms with Crippen molar-refractivity contribution in [1.82, 2.24) is 9.80 Å². The maximum Gasteiger partial charge on any atom is 0.411 e. The Hall–Kier alpha value is -3.87. The van der Waals surface area contributed by atoms with E-state index in [2.05, 4.69) is 0 Å². The first-order valence-corrected chi connectivity index (χ1v) is 12.8. The zero-order chi connectivity index (χ0) is 28.4. The first-order valence-electron chi connectivity index (χ1n) is 12.8. The molecule has 0 aromatic heterocycles. The monoisotopic (exact) mass is 544 g/mol. The Morgan fingerprint density at radius 3 is 2.56 bits per heavy atom. The van der Waals surface area contributed by atoms with Crippen molar-refractivity contribution in [2.75, 3.05) is 20.3 Å². The number of methoxy groups -OCH3 is 1. The summed E-state index contributed by atoms with van der Waals surface area (Å²) in [6, 6.07) is -1.01. The lowest BCUT2D eigenvalue weighted by atomic mass is 9.79. The van der Waals surface area contributed by atoms with Gasteiger partial charge in [0.15, 0.2) is 5.72 Å². The molecule has 5 rings (SSSR count). The number of Topliss-reactive ketones (excluding diaryl/α,β-unsaturated/α-hetero) is 2. The van der Waals surface area contributed by atoms with Gasteiger partial charge >= 0.3 is 18.2 Å². The van der Waals surface area contributed by atoms with Crippen LogP contribution in [0.1, 0.15) is 39.5 Å². The molecule has 3 aliphatic heterocycles. The number of aliphatic carboxylic acids is 1. The highest BCUT2D eigenvalue weighted by atomic mass is 16.6. The smallest absolute Gasteiger partial charge is 0.411 e. The summed E-state index contributed by atoms with van der Waals surface area (Å²) in [5, 5.41) is 9.63. The van der Waals surface area contributed by atoms with Crippen molar-refractivity contribution in [3.63, 3.8) is 0 Å². The third-order valence-electron chi connectivity index (χ3n) is 8.86. The molecule has 0 spiro atoms. The number of primary amides is 1. The molecule has 210 valence electrons. The van der Waals surface area contributed by atoms with Crippen LogP contribution in [-0.4, -0.2) is 88.8 Å². The standard InChI is InChI=1S/C26H32N4O9/c1-12-17(27)20(32)16-14(11-38-23(28)35)26(37-3)21-15(10-29(26)18(16)19(12)31)30(21)24(36)39-13-6-4-5-8-25(2,9-7-13)22(33)34/h4,6,13-15,21H,5,7-11,27H2,1-3H3,(H2,28,35)(H,33,34)/b6-4+/t13-,14+,15?,21?,25+,26+,30?/m0/s1. The van der Waals surface area contributed by atoms with Gasteiger partial charge in [-0.25, -0.2) is 9.59 Å². The van der Waals surface area contributed by atoms with Crippen LogP contribution in [0.3, 0.4) is 0 Å². The van der Waals surface area contributed by atoms with Crippen LogP contribution in [0.25, 0.3) is 0 Å². The minimum absolute atomic E-state index is 0.0702. The normalized spacial score (nSPS) is 36.1. The molecule has 0 aromatic rings. The lowest BCUT2D eigenvalue weighted by molar-refractivity contribution is -0.149. The Morgan fingerprint density at radius 2 is 1.92 bits per heavy atom. The number of ether oxygens (including phenoxy) is 3. The van der Waals surface area contributed by atoms with E-state index in [-0.39, 0.29) is 35.7 Å². The molecule has 6 atom stereocenters. The Morgan fingerprint density at radius 1 is 1.21 bits per heavy atom. The van der Waals surface area contributed by atoms with Crippen molar-refractivity contribution in [3.05, 3.63) is 34.7 Å². The van der Waals surface area contributed by atoms with E-state index in [1.165, 1.54) is 18.9 Å². The summed E-state index contributed by atoms with van der Waals surface area (Å²) in [5.41, 5.74) is 8.99. The molecule has 0 radical (unpaired) electrons. The van der Waals surface area contributed by atoms with Gasteiger partial charge in [-0.1, -0.05) is 6.08 Å². The number of fused-ring (bicyclic) bond motifs is 4. The van der Waals surface area contributed by atoms with E-state index in [0.29, 0.717) is 25.7 Å². The highest BCUT2D eigenvalue weighted by molar-refractivity contribution is 6.25. The lowest BCUT2D eigenvalue weighted by Gasteiger charge is -2.40. The number of carboxylic acid groups (broad SMARTS) is 1. The van der Waals surface area contributed by atoms with Crippen molar-refractivity contribution in [2.45, 2.75) is 63.4 Å². The van der Waals surface area contributed by atoms with Crippen LogP contribution in [0.15, 0.2) is 34.7 Å². The third kappa shape index (κ3) is 3.81. The number of ketones is 2. The quantitative estimate of drug-likeness (QED) is 0.252. The topological polar surface area (TPSA) is 192 Å². The highest BCUT2D eigenvalue weighted by Gasteiger charge is 2.78. The zero-order valence-electron chi connectivity index (χ0n) is 22.0. The first kappa shape index (κ1) is 26.7. The van der Waals surface area contributed by atoms with Crippen molar-refractivity contribution >= 4 is 29.7 Å². The number of piperazine rings is 1. The van der Waals surface area contributed by atoms with Gasteiger partial charge in [0.25, 0.3) is 0 Å². The molecule has 39 heavy (non-hydrogen) atoms. The number of amides is 2. The molecule has 2 unspecified atom stereocenters. The van der Waals surface area contributed by atoms with Crippen LogP contribution < -0.4 is 11.5 Å². The summed E-state index contributed by atoms with van der Waals surface area (Å²) in [7, 11) is 1.40. The molecule has 3 heterocycles. The number of carbonyl (C=O) groups excluding carboxylic acids is 4. The van der Waals surface area contributed by atoms with Gasteiger partial charge in [-0.05, 0) is 45.6 Å². The number of nitrogens with zero attached hydrogens (tertiary/aromatic N) is 2. The van der Waals surface area contributed by atoms with Crippen LogP contribution in [-0.2, 0) is 28.6 Å². The van der Waals surface area contributed by atoms with Gasteiger partial charge in [0.1, 0.15) is 18.8 Å². The van der Waals surface area contributed by atoms with Crippen LogP contribution in [0.4, 0.5) is 9.59 Å². The molecule has 0 bridgehead atoms. The number of rotatable bonds is 5. The Labute approximate surface area is 224 Å². The molecule has 13 nitrogen and oxygen atoms in total. The van der Waals surface area contributed by atoms with E-state index in [9.17, 15) is 29.1 Å². The maximum atomic E-state index is 13.3. The maximum absolute atomic E-state index is 13.3. The largest absolute Gasteiger partial charge is 0.481 e. The predicted octanol–water partition coefficient (Wildman–Crippen LogP) is 0.788. The highest BCUT2D eigenvalue weighted by Crippen LogP contribution is 2.60. The fourth-order valence-corrected chi connectivity index (χ4v) is 6.56. The molecular weight excluding hydrogens is 512 g/mol. The molecule has 13 heteroatoms. The van der Waals surface area contributed by atoms with E-state index < -0.39 is 65.0 Å². The molecule has 2 saturated heterocycles. The van der Waals surface area contributed by atoms with Gasteiger partial charge in [-0.15, -0.1) is 0 Å². The Kier molecular flexibility index (Phi) is 6.24. The second-order valence-corrected chi connectivity index (χ2v) is 10.9. The zero-order valence-corrected chi connectivity index (χ0v) is 22.0. The van der Waals surface area contributed by atoms with E-state index in [0.717, 1.165) is 0 Å². The molecular formula is C26H32N4O9. The molecule has 5 aliphatic rings. The Bertz CT molecular complexity index is 1270. The van der Waals surface area contributed by atoms with Crippen LogP contribution >= 0.6 is 0 Å².